The third-order valence-corrected chi connectivity index (χ3v) is 4.06. The number of aromatic nitrogens is 3. The molecule has 2 aromatic heterocycles. The van der Waals surface area contributed by atoms with Crippen LogP contribution < -0.4 is 0 Å². The molecule has 0 aliphatic rings. The molecule has 0 amide bonds. The minimum absolute atomic E-state index is 0.654. The summed E-state index contributed by atoms with van der Waals surface area (Å²) in [6.45, 7) is 2.86. The molecule has 1 aromatic carbocycles. The van der Waals surface area contributed by atoms with Crippen LogP contribution in [0.2, 0.25) is 10.0 Å². The Morgan fingerprint density at radius 3 is 2.70 bits per heavy atom. The fraction of sp³-hybridized carbons (Fsp3) is 0.267. The van der Waals surface area contributed by atoms with Gasteiger partial charge in [0, 0.05) is 23.7 Å². The first kappa shape index (κ1) is 13.5. The molecule has 0 bridgehead atoms. The number of nitrogens with zero attached hydrogens (tertiary/aromatic N) is 3. The molecule has 0 unspecified atom stereocenters. The molecule has 0 N–H and O–H groups in total. The van der Waals surface area contributed by atoms with Crippen LogP contribution in [-0.2, 0) is 20.0 Å². The molecule has 3 rings (SSSR count). The largest absolute Gasteiger partial charge is 0.341 e. The molecule has 0 atom stereocenters. The van der Waals surface area contributed by atoms with E-state index in [4.69, 9.17) is 23.2 Å². The van der Waals surface area contributed by atoms with Crippen LogP contribution in [0.15, 0.2) is 30.5 Å². The normalized spacial score (nSPS) is 11.4. The first-order valence-corrected chi connectivity index (χ1v) is 7.29. The molecule has 0 fully saturated rings. The summed E-state index contributed by atoms with van der Waals surface area (Å²) in [5.41, 5.74) is 3.31. The van der Waals surface area contributed by atoms with Crippen molar-refractivity contribution in [1.82, 2.24) is 14.3 Å². The van der Waals surface area contributed by atoms with Crippen molar-refractivity contribution in [3.63, 3.8) is 0 Å². The summed E-state index contributed by atoms with van der Waals surface area (Å²) in [5, 5.41) is 6.84. The van der Waals surface area contributed by atoms with Crippen LogP contribution in [0.25, 0.3) is 10.9 Å². The van der Waals surface area contributed by atoms with Gasteiger partial charge in [0.1, 0.15) is 0 Å². The van der Waals surface area contributed by atoms with Crippen molar-refractivity contribution in [3.8, 4) is 0 Å². The van der Waals surface area contributed by atoms with E-state index in [1.807, 2.05) is 30.1 Å². The van der Waals surface area contributed by atoms with Gasteiger partial charge in [-0.3, -0.25) is 4.68 Å². The Morgan fingerprint density at radius 2 is 2.00 bits per heavy atom. The van der Waals surface area contributed by atoms with Crippen LogP contribution in [0, 0.1) is 0 Å². The zero-order valence-corrected chi connectivity index (χ0v) is 12.9. The summed E-state index contributed by atoms with van der Waals surface area (Å²) >= 11 is 12.3. The number of halogens is 2. The summed E-state index contributed by atoms with van der Waals surface area (Å²) in [6, 6.07) is 7.87. The molecule has 0 saturated carbocycles. The minimum atomic E-state index is 0.654. The number of hydrogen-bond acceptors (Lipinski definition) is 1. The molecule has 0 saturated heterocycles. The fourth-order valence-electron chi connectivity index (χ4n) is 2.42. The second-order valence-electron chi connectivity index (χ2n) is 4.87. The van der Waals surface area contributed by atoms with Crippen molar-refractivity contribution in [2.24, 2.45) is 7.05 Å². The van der Waals surface area contributed by atoms with E-state index < -0.39 is 0 Å². The molecule has 0 spiro atoms. The van der Waals surface area contributed by atoms with Crippen LogP contribution in [-0.4, -0.2) is 14.3 Å². The van der Waals surface area contributed by atoms with E-state index in [2.05, 4.69) is 22.7 Å². The van der Waals surface area contributed by atoms with Gasteiger partial charge in [0.25, 0.3) is 0 Å². The maximum absolute atomic E-state index is 6.22. The topological polar surface area (TPSA) is 22.8 Å². The van der Waals surface area contributed by atoms with Crippen LogP contribution in [0.3, 0.4) is 0 Å². The van der Waals surface area contributed by atoms with Crippen molar-refractivity contribution < 1.29 is 0 Å². The van der Waals surface area contributed by atoms with Gasteiger partial charge in [0.2, 0.25) is 0 Å². The SMILES string of the molecule is CCc1cc(Cn2ccc3c(Cl)cc(Cl)cc32)n(C)n1. The predicted octanol–water partition coefficient (Wildman–Crippen LogP) is 4.29. The third-order valence-electron chi connectivity index (χ3n) is 3.52. The lowest BCUT2D eigenvalue weighted by atomic mass is 10.2. The van der Waals surface area contributed by atoms with Gasteiger partial charge < -0.3 is 4.57 Å². The minimum Gasteiger partial charge on any atom is -0.341 e. The van der Waals surface area contributed by atoms with E-state index in [-0.39, 0.29) is 0 Å². The second-order valence-corrected chi connectivity index (χ2v) is 5.71. The highest BCUT2D eigenvalue weighted by Crippen LogP contribution is 2.29. The molecule has 3 nitrogen and oxygen atoms in total. The standard InChI is InChI=1S/C15H15Cl2N3/c1-3-11-8-12(19(2)18-11)9-20-5-4-13-14(17)6-10(16)7-15(13)20/h4-8H,3,9H2,1-2H3. The molecule has 5 heteroatoms. The van der Waals surface area contributed by atoms with Gasteiger partial charge in [-0.2, -0.15) is 5.10 Å². The quantitative estimate of drug-likeness (QED) is 0.707. The summed E-state index contributed by atoms with van der Waals surface area (Å²) in [4.78, 5) is 0. The van der Waals surface area contributed by atoms with Gasteiger partial charge in [-0.25, -0.2) is 0 Å². The second kappa shape index (κ2) is 5.15. The third kappa shape index (κ3) is 2.32. The zero-order valence-electron chi connectivity index (χ0n) is 11.4. The summed E-state index contributed by atoms with van der Waals surface area (Å²) in [7, 11) is 1.97. The first-order chi connectivity index (χ1) is 9.58. The van der Waals surface area contributed by atoms with E-state index in [1.54, 1.807) is 6.07 Å². The first-order valence-electron chi connectivity index (χ1n) is 6.54. The van der Waals surface area contributed by atoms with Crippen molar-refractivity contribution in [2.75, 3.05) is 0 Å². The lowest BCUT2D eigenvalue weighted by molar-refractivity contribution is 0.669. The molecular formula is C15H15Cl2N3. The van der Waals surface area contributed by atoms with Crippen LogP contribution in [0.5, 0.6) is 0 Å². The molecule has 0 radical (unpaired) electrons. The van der Waals surface area contributed by atoms with E-state index in [0.29, 0.717) is 10.0 Å². The van der Waals surface area contributed by atoms with Gasteiger partial charge in [0.05, 0.1) is 28.5 Å². The summed E-state index contributed by atoms with van der Waals surface area (Å²) in [5.74, 6) is 0. The van der Waals surface area contributed by atoms with E-state index >= 15 is 0 Å². The maximum atomic E-state index is 6.22. The smallest absolute Gasteiger partial charge is 0.0645 e. The highest BCUT2D eigenvalue weighted by atomic mass is 35.5. The summed E-state index contributed by atoms with van der Waals surface area (Å²) in [6.07, 6.45) is 2.98. The molecule has 2 heterocycles. The van der Waals surface area contributed by atoms with Crippen LogP contribution in [0.4, 0.5) is 0 Å². The number of rotatable bonds is 3. The Morgan fingerprint density at radius 1 is 1.20 bits per heavy atom. The summed E-state index contributed by atoms with van der Waals surface area (Å²) < 4.78 is 4.07. The Bertz CT molecular complexity index is 771. The van der Waals surface area contributed by atoms with Gasteiger partial charge in [0.15, 0.2) is 0 Å². The van der Waals surface area contributed by atoms with Crippen molar-refractivity contribution in [3.05, 3.63) is 51.9 Å². The average molecular weight is 308 g/mol. The Hall–Kier alpha value is -1.45. The number of hydrogen-bond donors (Lipinski definition) is 0. The molecule has 104 valence electrons. The molecule has 3 aromatic rings. The van der Waals surface area contributed by atoms with Crippen molar-refractivity contribution >= 4 is 34.1 Å². The Labute approximate surface area is 127 Å². The highest BCUT2D eigenvalue weighted by Gasteiger charge is 2.09. The molecular weight excluding hydrogens is 293 g/mol. The van der Waals surface area contributed by atoms with Gasteiger partial charge in [-0.15, -0.1) is 0 Å². The number of benzene rings is 1. The lowest BCUT2D eigenvalue weighted by Crippen LogP contribution is -2.04. The Kier molecular flexibility index (Phi) is 3.48. The van der Waals surface area contributed by atoms with E-state index in [1.165, 1.54) is 0 Å². The van der Waals surface area contributed by atoms with E-state index in [0.717, 1.165) is 35.3 Å². The molecule has 0 aliphatic heterocycles. The molecule has 20 heavy (non-hydrogen) atoms. The zero-order chi connectivity index (χ0) is 14.3. The maximum Gasteiger partial charge on any atom is 0.0645 e. The van der Waals surface area contributed by atoms with Crippen molar-refractivity contribution in [2.45, 2.75) is 19.9 Å². The van der Waals surface area contributed by atoms with Crippen LogP contribution >= 0.6 is 23.2 Å². The Balaban J connectivity index is 2.04. The van der Waals surface area contributed by atoms with Gasteiger partial charge in [-0.1, -0.05) is 30.1 Å². The monoisotopic (exact) mass is 307 g/mol. The van der Waals surface area contributed by atoms with E-state index in [9.17, 15) is 0 Å². The van der Waals surface area contributed by atoms with Crippen LogP contribution in [0.1, 0.15) is 18.3 Å². The van der Waals surface area contributed by atoms with Gasteiger partial charge >= 0.3 is 0 Å². The highest BCUT2D eigenvalue weighted by molar-refractivity contribution is 6.38. The predicted molar refractivity (Wildman–Crippen MR) is 83.6 cm³/mol. The fourth-order valence-corrected chi connectivity index (χ4v) is 2.97. The number of aryl methyl sites for hydroxylation is 2. The molecule has 0 aliphatic carbocycles. The number of fused-ring (bicyclic) bond motifs is 1. The average Bonchev–Trinajstić information content (AvgIpc) is 2.95. The lowest BCUT2D eigenvalue weighted by Gasteiger charge is -2.06. The van der Waals surface area contributed by atoms with Crippen molar-refractivity contribution in [1.29, 1.82) is 0 Å². The van der Waals surface area contributed by atoms with Gasteiger partial charge in [-0.05, 0) is 30.7 Å².